The first-order chi connectivity index (χ1) is 6.56. The molecule has 1 saturated heterocycles. The lowest BCUT2D eigenvalue weighted by atomic mass is 9.99. The normalized spacial score (nSPS) is 37.1. The molecule has 0 aliphatic carbocycles. The molecule has 1 aliphatic rings. The number of hydrogen-bond acceptors (Lipinski definition) is 4. The van der Waals surface area contributed by atoms with Gasteiger partial charge in [-0.15, -0.1) is 0 Å². The Labute approximate surface area is 84.5 Å². The number of carbonyl (C=O) groups excluding carboxylic acids is 1. The van der Waals surface area contributed by atoms with Crippen LogP contribution in [0.3, 0.4) is 0 Å². The van der Waals surface area contributed by atoms with Crippen LogP contribution in [0.2, 0.25) is 0 Å². The van der Waals surface area contributed by atoms with E-state index in [1.54, 1.807) is 7.11 Å². The Balaban J connectivity index is 2.48. The molecule has 0 N–H and O–H groups in total. The molecule has 0 bridgehead atoms. The first-order valence-electron chi connectivity index (χ1n) is 4.88. The molecule has 4 atom stereocenters. The molecule has 0 amide bonds. The molecule has 0 spiro atoms. The van der Waals surface area contributed by atoms with Crippen LogP contribution in [-0.4, -0.2) is 38.0 Å². The molecular formula is C10H18O4. The van der Waals surface area contributed by atoms with E-state index in [2.05, 4.69) is 6.92 Å². The fourth-order valence-electron chi connectivity index (χ4n) is 1.78. The molecule has 82 valence electrons. The van der Waals surface area contributed by atoms with Crippen LogP contribution >= 0.6 is 0 Å². The monoisotopic (exact) mass is 202 g/mol. The average Bonchev–Trinajstić information content (AvgIpc) is 2.39. The maximum absolute atomic E-state index is 10.6. The largest absolute Gasteiger partial charge is 0.463 e. The maximum Gasteiger partial charge on any atom is 0.302 e. The lowest BCUT2D eigenvalue weighted by molar-refractivity contribution is -0.146. The molecule has 0 aromatic carbocycles. The molecule has 1 rings (SSSR count). The molecule has 4 heteroatoms. The standard InChI is InChI=1S/C10H18O4/c1-6-7(2)14-9(10(6)12-4)5-13-8(3)11/h6-7,9-10H,5H2,1-4H3/t6-,7+,9-,10?/m1/s1. The Morgan fingerprint density at radius 1 is 1.43 bits per heavy atom. The van der Waals surface area contributed by atoms with E-state index < -0.39 is 0 Å². The number of carbonyl (C=O) groups is 1. The Morgan fingerprint density at radius 3 is 2.57 bits per heavy atom. The number of esters is 1. The second-order valence-corrected chi connectivity index (χ2v) is 3.74. The van der Waals surface area contributed by atoms with Crippen molar-refractivity contribution < 1.29 is 19.0 Å². The van der Waals surface area contributed by atoms with Gasteiger partial charge in [-0.1, -0.05) is 6.92 Å². The van der Waals surface area contributed by atoms with Gasteiger partial charge in [-0.05, 0) is 6.92 Å². The molecule has 1 aliphatic heterocycles. The highest BCUT2D eigenvalue weighted by Gasteiger charge is 2.40. The zero-order valence-electron chi connectivity index (χ0n) is 9.15. The zero-order chi connectivity index (χ0) is 10.7. The van der Waals surface area contributed by atoms with Crippen LogP contribution in [0.15, 0.2) is 0 Å². The van der Waals surface area contributed by atoms with Gasteiger partial charge in [0, 0.05) is 20.0 Å². The van der Waals surface area contributed by atoms with Gasteiger partial charge in [0.2, 0.25) is 0 Å². The third kappa shape index (κ3) is 2.45. The molecule has 14 heavy (non-hydrogen) atoms. The number of ether oxygens (including phenoxy) is 3. The van der Waals surface area contributed by atoms with Crippen molar-refractivity contribution in [2.75, 3.05) is 13.7 Å². The van der Waals surface area contributed by atoms with Crippen molar-refractivity contribution in [3.63, 3.8) is 0 Å². The molecule has 4 nitrogen and oxygen atoms in total. The molecule has 1 heterocycles. The average molecular weight is 202 g/mol. The van der Waals surface area contributed by atoms with E-state index >= 15 is 0 Å². The van der Waals surface area contributed by atoms with Crippen molar-refractivity contribution >= 4 is 5.97 Å². The molecule has 0 aromatic rings. The summed E-state index contributed by atoms with van der Waals surface area (Å²) in [7, 11) is 1.66. The van der Waals surface area contributed by atoms with Crippen molar-refractivity contribution in [3.8, 4) is 0 Å². The Kier molecular flexibility index (Phi) is 3.89. The molecular weight excluding hydrogens is 184 g/mol. The predicted octanol–water partition coefficient (Wildman–Crippen LogP) is 0.988. The highest BCUT2D eigenvalue weighted by atomic mass is 16.6. The van der Waals surface area contributed by atoms with Crippen molar-refractivity contribution in [3.05, 3.63) is 0 Å². The lowest BCUT2D eigenvalue weighted by Gasteiger charge is -2.18. The van der Waals surface area contributed by atoms with Crippen LogP contribution in [0.4, 0.5) is 0 Å². The SMILES string of the molecule is COC1[C@@H](COC(C)=O)O[C@@H](C)[C@H]1C. The Bertz CT molecular complexity index is 204. The van der Waals surface area contributed by atoms with Gasteiger partial charge in [0.15, 0.2) is 0 Å². The summed E-state index contributed by atoms with van der Waals surface area (Å²) in [5.41, 5.74) is 0. The maximum atomic E-state index is 10.6. The van der Waals surface area contributed by atoms with Crippen LogP contribution in [0.5, 0.6) is 0 Å². The summed E-state index contributed by atoms with van der Waals surface area (Å²) in [6.45, 7) is 5.75. The summed E-state index contributed by atoms with van der Waals surface area (Å²) in [6.07, 6.45) is 0.0405. The molecule has 1 fully saturated rings. The van der Waals surface area contributed by atoms with Crippen molar-refractivity contribution in [1.82, 2.24) is 0 Å². The van der Waals surface area contributed by atoms with Gasteiger partial charge in [-0.3, -0.25) is 4.79 Å². The third-order valence-electron chi connectivity index (χ3n) is 2.74. The molecule has 0 aromatic heterocycles. The topological polar surface area (TPSA) is 44.8 Å². The molecule has 0 saturated carbocycles. The first-order valence-corrected chi connectivity index (χ1v) is 4.88. The fraction of sp³-hybridized carbons (Fsp3) is 0.900. The van der Waals surface area contributed by atoms with Crippen molar-refractivity contribution in [2.45, 2.75) is 39.1 Å². The van der Waals surface area contributed by atoms with Gasteiger partial charge in [-0.2, -0.15) is 0 Å². The number of methoxy groups -OCH3 is 1. The lowest BCUT2D eigenvalue weighted by Crippen LogP contribution is -2.32. The molecule has 0 radical (unpaired) electrons. The van der Waals surface area contributed by atoms with Crippen LogP contribution in [0.1, 0.15) is 20.8 Å². The second kappa shape index (κ2) is 4.75. The van der Waals surface area contributed by atoms with Crippen LogP contribution < -0.4 is 0 Å². The summed E-state index contributed by atoms with van der Waals surface area (Å²) in [5, 5.41) is 0. The van der Waals surface area contributed by atoms with E-state index in [1.807, 2.05) is 6.92 Å². The minimum atomic E-state index is -0.282. The highest BCUT2D eigenvalue weighted by molar-refractivity contribution is 5.65. The van der Waals surface area contributed by atoms with Crippen LogP contribution in [0, 0.1) is 5.92 Å². The van der Waals surface area contributed by atoms with Crippen LogP contribution in [-0.2, 0) is 19.0 Å². The van der Waals surface area contributed by atoms with Gasteiger partial charge in [0.25, 0.3) is 0 Å². The predicted molar refractivity (Wildman–Crippen MR) is 50.9 cm³/mol. The smallest absolute Gasteiger partial charge is 0.302 e. The summed E-state index contributed by atoms with van der Waals surface area (Å²) in [5.74, 6) is 0.0521. The van der Waals surface area contributed by atoms with Crippen molar-refractivity contribution in [2.24, 2.45) is 5.92 Å². The minimum absolute atomic E-state index is 0.0179. The van der Waals surface area contributed by atoms with Gasteiger partial charge < -0.3 is 14.2 Å². The van der Waals surface area contributed by atoms with E-state index in [4.69, 9.17) is 14.2 Å². The van der Waals surface area contributed by atoms with Gasteiger partial charge >= 0.3 is 5.97 Å². The minimum Gasteiger partial charge on any atom is -0.463 e. The van der Waals surface area contributed by atoms with E-state index in [0.717, 1.165) is 0 Å². The van der Waals surface area contributed by atoms with Crippen molar-refractivity contribution in [1.29, 1.82) is 0 Å². The van der Waals surface area contributed by atoms with E-state index in [9.17, 15) is 4.79 Å². The van der Waals surface area contributed by atoms with Gasteiger partial charge in [0.1, 0.15) is 12.7 Å². The Morgan fingerprint density at radius 2 is 2.07 bits per heavy atom. The zero-order valence-corrected chi connectivity index (χ0v) is 9.15. The molecule has 1 unspecified atom stereocenters. The van der Waals surface area contributed by atoms with E-state index in [0.29, 0.717) is 5.92 Å². The third-order valence-corrected chi connectivity index (χ3v) is 2.74. The van der Waals surface area contributed by atoms with E-state index in [-0.39, 0.29) is 30.9 Å². The number of hydrogen-bond donors (Lipinski definition) is 0. The van der Waals surface area contributed by atoms with Gasteiger partial charge in [0.05, 0.1) is 12.2 Å². The summed E-state index contributed by atoms with van der Waals surface area (Å²) < 4.78 is 15.9. The Hall–Kier alpha value is -0.610. The second-order valence-electron chi connectivity index (χ2n) is 3.74. The van der Waals surface area contributed by atoms with Crippen LogP contribution in [0.25, 0.3) is 0 Å². The summed E-state index contributed by atoms with van der Waals surface area (Å²) in [4.78, 5) is 10.6. The highest BCUT2D eigenvalue weighted by Crippen LogP contribution is 2.28. The van der Waals surface area contributed by atoms with E-state index in [1.165, 1.54) is 6.92 Å². The summed E-state index contributed by atoms with van der Waals surface area (Å²) >= 11 is 0. The quantitative estimate of drug-likeness (QED) is 0.640. The van der Waals surface area contributed by atoms with Gasteiger partial charge in [-0.25, -0.2) is 0 Å². The summed E-state index contributed by atoms with van der Waals surface area (Å²) in [6, 6.07) is 0. The first kappa shape index (κ1) is 11.5. The fourth-order valence-corrected chi connectivity index (χ4v) is 1.78. The number of rotatable bonds is 3.